The first-order valence-corrected chi connectivity index (χ1v) is 13.4. The Bertz CT molecular complexity index is 1630. The Morgan fingerprint density at radius 1 is 0.357 bits per heavy atom. The number of rotatable bonds is 8. The molecule has 0 aromatic heterocycles. The van der Waals surface area contributed by atoms with Crippen LogP contribution in [0, 0.1) is 0 Å². The Morgan fingerprint density at radius 3 is 0.857 bits per heavy atom. The largest absolute Gasteiger partial charge is 0.423 e. The predicted octanol–water partition coefficient (Wildman–Crippen LogP) is 8.22. The van der Waals surface area contributed by atoms with Gasteiger partial charge in [-0.1, -0.05) is 48.5 Å². The molecule has 0 aliphatic rings. The first-order chi connectivity index (χ1) is 20.3. The fourth-order valence-electron chi connectivity index (χ4n) is 4.09. The SMILES string of the molecule is O=C(Cl)c1ccc(-c2ccc(OC(=O)c3ccc(C(=O)Oc4ccc(-c5ccc(C(=O)Cl)cc5)cc4)cc3)cc2)cc1. The zero-order valence-corrected chi connectivity index (χ0v) is 23.3. The molecule has 0 fully saturated rings. The normalized spacial score (nSPS) is 10.5. The molecule has 42 heavy (non-hydrogen) atoms. The van der Waals surface area contributed by atoms with E-state index in [2.05, 4.69) is 0 Å². The van der Waals surface area contributed by atoms with Crippen molar-refractivity contribution in [2.24, 2.45) is 0 Å². The zero-order chi connectivity index (χ0) is 29.6. The van der Waals surface area contributed by atoms with E-state index in [4.69, 9.17) is 32.7 Å². The molecule has 8 heteroatoms. The molecule has 0 heterocycles. The summed E-state index contributed by atoms with van der Waals surface area (Å²) >= 11 is 11.0. The number of hydrogen-bond acceptors (Lipinski definition) is 6. The third kappa shape index (κ3) is 6.81. The summed E-state index contributed by atoms with van der Waals surface area (Å²) in [4.78, 5) is 47.8. The van der Waals surface area contributed by atoms with Crippen LogP contribution < -0.4 is 9.47 Å². The molecule has 0 amide bonds. The van der Waals surface area contributed by atoms with Crippen LogP contribution in [0.25, 0.3) is 22.3 Å². The van der Waals surface area contributed by atoms with E-state index in [0.29, 0.717) is 22.6 Å². The van der Waals surface area contributed by atoms with Crippen LogP contribution in [0.15, 0.2) is 121 Å². The molecule has 5 aromatic carbocycles. The summed E-state index contributed by atoms with van der Waals surface area (Å²) < 4.78 is 10.9. The van der Waals surface area contributed by atoms with Crippen molar-refractivity contribution in [3.63, 3.8) is 0 Å². The smallest absolute Gasteiger partial charge is 0.343 e. The molecule has 0 radical (unpaired) electrons. The Balaban J connectivity index is 1.17. The van der Waals surface area contributed by atoms with Crippen molar-refractivity contribution in [2.75, 3.05) is 0 Å². The van der Waals surface area contributed by atoms with Gasteiger partial charge in [0, 0.05) is 11.1 Å². The molecule has 0 N–H and O–H groups in total. The average molecular weight is 595 g/mol. The fourth-order valence-corrected chi connectivity index (χ4v) is 4.34. The van der Waals surface area contributed by atoms with Crippen molar-refractivity contribution < 1.29 is 28.7 Å². The third-order valence-electron chi connectivity index (χ3n) is 6.38. The van der Waals surface area contributed by atoms with Crippen LogP contribution >= 0.6 is 23.2 Å². The number of benzene rings is 5. The van der Waals surface area contributed by atoms with Gasteiger partial charge in [-0.2, -0.15) is 0 Å². The Morgan fingerprint density at radius 2 is 0.595 bits per heavy atom. The molecule has 206 valence electrons. The fraction of sp³-hybridized carbons (Fsp3) is 0. The van der Waals surface area contributed by atoms with E-state index < -0.39 is 22.4 Å². The highest BCUT2D eigenvalue weighted by molar-refractivity contribution is 6.68. The molecule has 0 aliphatic heterocycles. The Kier molecular flexibility index (Phi) is 8.58. The van der Waals surface area contributed by atoms with Gasteiger partial charge in [-0.15, -0.1) is 0 Å². The molecule has 0 bridgehead atoms. The lowest BCUT2D eigenvalue weighted by Crippen LogP contribution is -2.11. The Hall–Kier alpha value is -5.04. The monoisotopic (exact) mass is 594 g/mol. The van der Waals surface area contributed by atoms with Gasteiger partial charge in [-0.25, -0.2) is 9.59 Å². The van der Waals surface area contributed by atoms with E-state index in [9.17, 15) is 19.2 Å². The number of carbonyl (C=O) groups is 4. The number of esters is 2. The third-order valence-corrected chi connectivity index (χ3v) is 6.81. The minimum Gasteiger partial charge on any atom is -0.423 e. The maximum Gasteiger partial charge on any atom is 0.343 e. The highest BCUT2D eigenvalue weighted by Crippen LogP contribution is 2.25. The highest BCUT2D eigenvalue weighted by Gasteiger charge is 2.13. The van der Waals surface area contributed by atoms with Crippen molar-refractivity contribution in [3.05, 3.63) is 144 Å². The van der Waals surface area contributed by atoms with Crippen LogP contribution in [-0.4, -0.2) is 22.4 Å². The van der Waals surface area contributed by atoms with Gasteiger partial charge in [0.15, 0.2) is 0 Å². The van der Waals surface area contributed by atoms with Crippen molar-refractivity contribution in [1.29, 1.82) is 0 Å². The zero-order valence-electron chi connectivity index (χ0n) is 21.8. The molecule has 5 rings (SSSR count). The minimum atomic E-state index is -0.577. The quantitative estimate of drug-likeness (QED) is 0.102. The van der Waals surface area contributed by atoms with E-state index in [-0.39, 0.29) is 11.1 Å². The molecule has 5 aromatic rings. The van der Waals surface area contributed by atoms with E-state index >= 15 is 0 Å². The summed E-state index contributed by atoms with van der Waals surface area (Å²) in [5.41, 5.74) is 4.86. The number of hydrogen-bond donors (Lipinski definition) is 0. The summed E-state index contributed by atoms with van der Waals surface area (Å²) in [5, 5.41) is -1.04. The van der Waals surface area contributed by atoms with Crippen LogP contribution in [0.2, 0.25) is 0 Å². The van der Waals surface area contributed by atoms with Gasteiger partial charge in [-0.3, -0.25) is 9.59 Å². The van der Waals surface area contributed by atoms with Gasteiger partial charge in [0.25, 0.3) is 10.5 Å². The first kappa shape index (κ1) is 28.5. The average Bonchev–Trinajstić information content (AvgIpc) is 3.02. The van der Waals surface area contributed by atoms with Crippen molar-refractivity contribution >= 4 is 45.6 Å². The lowest BCUT2D eigenvalue weighted by molar-refractivity contribution is 0.0720. The lowest BCUT2D eigenvalue weighted by atomic mass is 10.0. The molecule has 6 nitrogen and oxygen atoms in total. The van der Waals surface area contributed by atoms with Crippen molar-refractivity contribution in [2.45, 2.75) is 0 Å². The van der Waals surface area contributed by atoms with Crippen LogP contribution in [0.3, 0.4) is 0 Å². The first-order valence-electron chi connectivity index (χ1n) is 12.6. The van der Waals surface area contributed by atoms with Gasteiger partial charge in [-0.05, 0) is 118 Å². The lowest BCUT2D eigenvalue weighted by Gasteiger charge is -2.08. The van der Waals surface area contributed by atoms with E-state index in [1.165, 1.54) is 24.3 Å². The van der Waals surface area contributed by atoms with Crippen LogP contribution in [0.5, 0.6) is 11.5 Å². The van der Waals surface area contributed by atoms with Gasteiger partial charge < -0.3 is 9.47 Å². The maximum absolute atomic E-state index is 12.6. The summed E-state index contributed by atoms with van der Waals surface area (Å²) in [5.74, 6) is -0.447. The second-order valence-electron chi connectivity index (χ2n) is 9.11. The second-order valence-corrected chi connectivity index (χ2v) is 9.79. The van der Waals surface area contributed by atoms with Gasteiger partial charge in [0.2, 0.25) is 0 Å². The molecule has 0 atom stereocenters. The standard InChI is InChI=1S/C34H20Cl2O6/c35-31(37)25-5-1-21(2-6-25)23-13-17-29(18-14-23)41-33(39)27-9-11-28(12-10-27)34(40)42-30-19-15-24(16-20-30)22-3-7-26(8-4-22)32(36)38/h1-20H. The van der Waals surface area contributed by atoms with Crippen LogP contribution in [0.4, 0.5) is 0 Å². The summed E-state index contributed by atoms with van der Waals surface area (Å²) in [7, 11) is 0. The minimum absolute atomic E-state index is 0.267. The predicted molar refractivity (Wildman–Crippen MR) is 160 cm³/mol. The van der Waals surface area contributed by atoms with E-state index in [1.807, 2.05) is 0 Å². The summed E-state index contributed by atoms with van der Waals surface area (Å²) in [6.45, 7) is 0. The van der Waals surface area contributed by atoms with Crippen LogP contribution in [-0.2, 0) is 0 Å². The number of halogens is 2. The van der Waals surface area contributed by atoms with E-state index in [1.54, 1.807) is 97.1 Å². The topological polar surface area (TPSA) is 86.7 Å². The molecule has 0 unspecified atom stereocenters. The molecule has 0 saturated carbocycles. The molecular weight excluding hydrogens is 575 g/mol. The molecule has 0 saturated heterocycles. The highest BCUT2D eigenvalue weighted by atomic mass is 35.5. The van der Waals surface area contributed by atoms with Gasteiger partial charge in [0.05, 0.1) is 11.1 Å². The van der Waals surface area contributed by atoms with Crippen LogP contribution in [0.1, 0.15) is 41.4 Å². The van der Waals surface area contributed by atoms with Gasteiger partial charge in [0.1, 0.15) is 11.5 Å². The second kappa shape index (κ2) is 12.6. The Labute approximate surface area is 251 Å². The van der Waals surface area contributed by atoms with Crippen molar-refractivity contribution in [3.8, 4) is 33.8 Å². The van der Waals surface area contributed by atoms with Crippen molar-refractivity contribution in [1.82, 2.24) is 0 Å². The van der Waals surface area contributed by atoms with E-state index in [0.717, 1.165) is 22.3 Å². The number of carbonyl (C=O) groups excluding carboxylic acids is 4. The molecular formula is C34H20Cl2O6. The maximum atomic E-state index is 12.6. The summed E-state index contributed by atoms with van der Waals surface area (Å²) in [6, 6.07) is 33.5. The summed E-state index contributed by atoms with van der Waals surface area (Å²) in [6.07, 6.45) is 0. The molecule has 0 aliphatic carbocycles. The number of ether oxygens (including phenoxy) is 2. The molecule has 0 spiro atoms. The van der Waals surface area contributed by atoms with Gasteiger partial charge >= 0.3 is 11.9 Å².